The smallest absolute Gasteiger partial charge is 0.463 e. The number of fused-ring (bicyclic) bond motifs is 1. The van der Waals surface area contributed by atoms with Crippen LogP contribution in [0.4, 0.5) is 4.79 Å². The zero-order chi connectivity index (χ0) is 54.4. The van der Waals surface area contributed by atoms with Crippen LogP contribution in [-0.4, -0.2) is 74.9 Å². The van der Waals surface area contributed by atoms with Crippen LogP contribution in [-0.2, 0) is 38.4 Å². The van der Waals surface area contributed by atoms with Crippen LogP contribution in [0.2, 0.25) is 0 Å². The minimum Gasteiger partial charge on any atom is -0.463 e. The van der Waals surface area contributed by atoms with Gasteiger partial charge < -0.3 is 42.8 Å². The van der Waals surface area contributed by atoms with Crippen molar-refractivity contribution in [2.75, 3.05) is 26.4 Å². The fourth-order valence-electron chi connectivity index (χ4n) is 6.16. The highest BCUT2D eigenvalue weighted by Crippen LogP contribution is 2.59. The monoisotopic (exact) mass is 1070 g/mol. The number of ether oxygens (including phenoxy) is 8. The van der Waals surface area contributed by atoms with E-state index in [1.807, 2.05) is 6.07 Å². The summed E-state index contributed by atoms with van der Waals surface area (Å²) in [6, 6.07) is 26.9. The number of rotatable bonds is 24. The van der Waals surface area contributed by atoms with E-state index in [2.05, 4.69) is 27.8 Å². The lowest BCUT2D eigenvalue weighted by Gasteiger charge is -2.12. The highest BCUT2D eigenvalue weighted by molar-refractivity contribution is 8.24. The topological polar surface area (TPSA) is 257 Å². The summed E-state index contributed by atoms with van der Waals surface area (Å²) in [6.45, 7) is 15.1. The molecule has 0 saturated carbocycles. The molecule has 0 aliphatic carbocycles. The number of nitriles is 1. The highest BCUT2D eigenvalue weighted by Gasteiger charge is 2.31. The molecule has 0 bridgehead atoms. The molecular weight excluding hydrogens is 1030 g/mol. The van der Waals surface area contributed by atoms with E-state index in [4.69, 9.17) is 44.5 Å². The molecule has 5 aromatic rings. The SMILES string of the molecule is [C-]#[N+]C(C#N)=C1Sc2c(OC(=O)c3ccc(OC(=O)c4ccc(OC(=O)OCCCCOC(=O)C=C)cc4)cc3)ccc(OC(=O)c3ccc(OC(=O)c4ccc(C(=C)C(=O)OCCCCOOC=O)cc4)cc3)c2S1. The van der Waals surface area contributed by atoms with Crippen molar-refractivity contribution in [3.05, 3.63) is 178 Å². The third-order valence-corrected chi connectivity index (χ3v) is 12.6. The lowest BCUT2D eigenvalue weighted by Crippen LogP contribution is -2.13. The largest absolute Gasteiger partial charge is 0.513 e. The minimum absolute atomic E-state index is 0.0288. The van der Waals surface area contributed by atoms with Gasteiger partial charge in [0.1, 0.15) is 28.7 Å². The minimum atomic E-state index is -0.964. The number of allylic oxidation sites excluding steroid dienone is 1. The molecule has 1 heterocycles. The average molecular weight is 1070 g/mol. The van der Waals surface area contributed by atoms with Gasteiger partial charge in [-0.05, 0) is 128 Å². The van der Waals surface area contributed by atoms with Crippen LogP contribution in [0.1, 0.15) is 72.7 Å². The first-order chi connectivity index (χ1) is 36.8. The van der Waals surface area contributed by atoms with Gasteiger partial charge in [-0.1, -0.05) is 48.8 Å². The summed E-state index contributed by atoms with van der Waals surface area (Å²) in [7, 11) is 0. The van der Waals surface area contributed by atoms with E-state index in [-0.39, 0.29) is 109 Å². The molecule has 0 N–H and O–H groups in total. The van der Waals surface area contributed by atoms with Gasteiger partial charge in [0, 0.05) is 6.08 Å². The summed E-state index contributed by atoms with van der Waals surface area (Å²) in [5, 5.41) is 9.63. The Morgan fingerprint density at radius 2 is 0.961 bits per heavy atom. The van der Waals surface area contributed by atoms with E-state index in [0.29, 0.717) is 31.2 Å². The molecule has 0 aromatic heterocycles. The zero-order valence-corrected chi connectivity index (χ0v) is 41.3. The number of benzene rings is 5. The Balaban J connectivity index is 1.01. The van der Waals surface area contributed by atoms with E-state index in [1.165, 1.54) is 109 Å². The van der Waals surface area contributed by atoms with Crippen LogP contribution in [0, 0.1) is 17.9 Å². The molecule has 5 aromatic carbocycles. The Morgan fingerprint density at radius 1 is 0.553 bits per heavy atom. The average Bonchev–Trinajstić information content (AvgIpc) is 3.89. The molecule has 1 aliphatic heterocycles. The molecule has 0 amide bonds. The van der Waals surface area contributed by atoms with Crippen molar-refractivity contribution in [2.24, 2.45) is 0 Å². The molecule has 0 fully saturated rings. The predicted octanol–water partition coefficient (Wildman–Crippen LogP) is 9.84. The quantitative estimate of drug-likeness (QED) is 0.00476. The van der Waals surface area contributed by atoms with Gasteiger partial charge in [-0.15, -0.1) is 0 Å². The van der Waals surface area contributed by atoms with E-state index < -0.39 is 42.0 Å². The second-order valence-electron chi connectivity index (χ2n) is 15.1. The summed E-state index contributed by atoms with van der Waals surface area (Å²) in [5.74, 6) is -3.96. The van der Waals surface area contributed by atoms with Crippen molar-refractivity contribution in [3.63, 3.8) is 0 Å². The van der Waals surface area contributed by atoms with Gasteiger partial charge in [0.25, 0.3) is 5.70 Å². The van der Waals surface area contributed by atoms with Crippen molar-refractivity contribution in [2.45, 2.75) is 35.5 Å². The number of nitrogens with zero attached hydrogens (tertiary/aromatic N) is 2. The number of carbonyl (C=O) groups excluding carboxylic acids is 8. The Hall–Kier alpha value is -9.48. The molecule has 6 rings (SSSR count). The zero-order valence-electron chi connectivity index (χ0n) is 39.7. The van der Waals surface area contributed by atoms with Gasteiger partial charge in [-0.3, -0.25) is 4.79 Å². The van der Waals surface area contributed by atoms with Crippen molar-refractivity contribution in [3.8, 4) is 34.8 Å². The normalized spacial score (nSPS) is 11.7. The van der Waals surface area contributed by atoms with E-state index in [0.717, 1.165) is 29.6 Å². The molecule has 22 heteroatoms. The molecular formula is C54H40N2O18S2. The van der Waals surface area contributed by atoms with Gasteiger partial charge in [0.2, 0.25) is 0 Å². The van der Waals surface area contributed by atoms with Crippen molar-refractivity contribution >= 4 is 77.5 Å². The van der Waals surface area contributed by atoms with Gasteiger partial charge >= 0.3 is 48.4 Å². The molecule has 0 unspecified atom stereocenters. The Labute approximate surface area is 441 Å². The van der Waals surface area contributed by atoms with Crippen LogP contribution in [0.15, 0.2) is 148 Å². The van der Waals surface area contributed by atoms with Gasteiger partial charge in [0.15, 0.2) is 0 Å². The fraction of sp³-hybridized carbons (Fsp3) is 0.148. The molecule has 76 heavy (non-hydrogen) atoms. The third kappa shape index (κ3) is 16.0. The number of carbonyl (C=O) groups is 8. The maximum atomic E-state index is 13.4. The summed E-state index contributed by atoms with van der Waals surface area (Å²) in [6.07, 6.45) is 1.90. The first kappa shape index (κ1) is 55.8. The number of unbranched alkanes of at least 4 members (excludes halogenated alkanes) is 2. The van der Waals surface area contributed by atoms with Crippen LogP contribution < -0.4 is 23.7 Å². The van der Waals surface area contributed by atoms with Crippen molar-refractivity contribution in [1.29, 1.82) is 5.26 Å². The summed E-state index contributed by atoms with van der Waals surface area (Å²) < 4.78 is 42.8. The standard InChI is InChI=1S/C54H40N2O18S2/c1-4-45(58)65-27-5-6-29-67-54(64)72-41-23-17-36(18-24-41)50(61)71-40-21-15-38(16-22-40)52(63)74-44-26-25-43(46-47(44)76-53(75-46)42(31-55)56-3)73-51(62)37-13-19-39(20-14-37)70-49(60)35-11-9-34(10-12-35)33(2)48(59)66-28-7-8-30-68-69-32-57/h4,9-26,32H,1-2,5-8,27-30H2. The number of esters is 6. The van der Waals surface area contributed by atoms with Gasteiger partial charge in [0.05, 0.1) is 80.9 Å². The first-order valence-corrected chi connectivity index (χ1v) is 24.0. The number of hydrogen-bond donors (Lipinski definition) is 0. The fourth-order valence-corrected chi connectivity index (χ4v) is 8.63. The molecule has 0 radical (unpaired) electrons. The molecule has 1 aliphatic rings. The number of hydrogen-bond acceptors (Lipinski definition) is 21. The lowest BCUT2D eigenvalue weighted by molar-refractivity contribution is -0.259. The molecule has 20 nitrogen and oxygen atoms in total. The maximum Gasteiger partial charge on any atom is 0.513 e. The number of thioether (sulfide) groups is 2. The van der Waals surface area contributed by atoms with Gasteiger partial charge in [-0.2, -0.15) is 4.89 Å². The van der Waals surface area contributed by atoms with Gasteiger partial charge in [-0.25, -0.2) is 43.7 Å². The van der Waals surface area contributed by atoms with Crippen LogP contribution in [0.5, 0.6) is 28.7 Å². The molecule has 0 spiro atoms. The Bertz CT molecular complexity index is 3120. The Kier molecular flexibility index (Phi) is 20.6. The summed E-state index contributed by atoms with van der Waals surface area (Å²) in [5.41, 5.74) is 0.641. The second-order valence-corrected chi connectivity index (χ2v) is 17.4. The van der Waals surface area contributed by atoms with Crippen molar-refractivity contribution in [1.82, 2.24) is 0 Å². The molecule has 386 valence electrons. The summed E-state index contributed by atoms with van der Waals surface area (Å²) in [4.78, 5) is 111. The lowest BCUT2D eigenvalue weighted by atomic mass is 10.1. The van der Waals surface area contributed by atoms with Crippen LogP contribution in [0.3, 0.4) is 0 Å². The van der Waals surface area contributed by atoms with Crippen LogP contribution >= 0.6 is 23.5 Å². The summed E-state index contributed by atoms with van der Waals surface area (Å²) >= 11 is 1.95. The second kappa shape index (κ2) is 28.1. The maximum absolute atomic E-state index is 13.4. The Morgan fingerprint density at radius 3 is 1.41 bits per heavy atom. The highest BCUT2D eigenvalue weighted by atomic mass is 32.2. The van der Waals surface area contributed by atoms with Crippen molar-refractivity contribution < 1.29 is 86.0 Å². The molecule has 0 atom stereocenters. The molecule has 0 saturated heterocycles. The van der Waals surface area contributed by atoms with E-state index in [9.17, 15) is 43.6 Å². The first-order valence-electron chi connectivity index (χ1n) is 22.4. The van der Waals surface area contributed by atoms with E-state index >= 15 is 0 Å². The third-order valence-electron chi connectivity index (χ3n) is 9.99. The predicted molar refractivity (Wildman–Crippen MR) is 268 cm³/mol. The van der Waals surface area contributed by atoms with Crippen LogP contribution in [0.25, 0.3) is 10.4 Å². The van der Waals surface area contributed by atoms with E-state index in [1.54, 1.807) is 0 Å².